The van der Waals surface area contributed by atoms with Gasteiger partial charge in [0.25, 0.3) is 5.91 Å². The number of benzene rings is 1. The van der Waals surface area contributed by atoms with Crippen LogP contribution >= 0.6 is 11.3 Å². The molecule has 2 aromatic heterocycles. The summed E-state index contributed by atoms with van der Waals surface area (Å²) in [5.74, 6) is -0.385. The molecule has 0 unspecified atom stereocenters. The summed E-state index contributed by atoms with van der Waals surface area (Å²) in [6.07, 6.45) is 1.21. The van der Waals surface area contributed by atoms with Gasteiger partial charge in [0.1, 0.15) is 5.69 Å². The van der Waals surface area contributed by atoms with Crippen molar-refractivity contribution < 1.29 is 14.4 Å². The Hall–Kier alpha value is -3.00. The summed E-state index contributed by atoms with van der Waals surface area (Å²) in [4.78, 5) is 44.3. The number of carbonyl (C=O) groups excluding carboxylic acids is 3. The standard InChI is InChI=1S/C21H22N4O3S/c1-10-17-14(8-21(3,4)9-15(17)27)23-18(10)19(28)25-20-24-13-6-5-12(22-11(2)26)7-16(13)29-20/h5-7,23H,8-9H2,1-4H3,(H,22,26)(H,24,25,28). The molecule has 7 nitrogen and oxygen atoms in total. The number of aromatic nitrogens is 2. The summed E-state index contributed by atoms with van der Waals surface area (Å²) in [5.41, 5.74) is 3.87. The molecule has 4 rings (SSSR count). The third-order valence-corrected chi connectivity index (χ3v) is 5.99. The van der Waals surface area contributed by atoms with Gasteiger partial charge >= 0.3 is 0 Å². The van der Waals surface area contributed by atoms with Crippen LogP contribution in [-0.2, 0) is 11.2 Å². The van der Waals surface area contributed by atoms with Crippen LogP contribution in [0.5, 0.6) is 0 Å². The molecule has 0 fully saturated rings. The second-order valence-electron chi connectivity index (χ2n) is 8.26. The van der Waals surface area contributed by atoms with E-state index in [1.165, 1.54) is 18.3 Å². The second kappa shape index (κ2) is 6.81. The molecular weight excluding hydrogens is 388 g/mol. The van der Waals surface area contributed by atoms with Crippen molar-refractivity contribution >= 4 is 50.0 Å². The van der Waals surface area contributed by atoms with Gasteiger partial charge in [0.15, 0.2) is 10.9 Å². The number of H-pyrrole nitrogens is 1. The number of carbonyl (C=O) groups is 3. The van der Waals surface area contributed by atoms with Gasteiger partial charge in [-0.3, -0.25) is 19.7 Å². The number of Topliss-reactive ketones (excluding diaryl/α,β-unsaturated/α-hetero) is 1. The quantitative estimate of drug-likeness (QED) is 0.599. The number of rotatable bonds is 3. The summed E-state index contributed by atoms with van der Waals surface area (Å²) >= 11 is 1.33. The lowest BCUT2D eigenvalue weighted by Crippen LogP contribution is -2.26. The van der Waals surface area contributed by atoms with E-state index in [2.05, 4.69) is 34.4 Å². The van der Waals surface area contributed by atoms with Crippen molar-refractivity contribution in [2.24, 2.45) is 5.41 Å². The third kappa shape index (κ3) is 3.67. The van der Waals surface area contributed by atoms with Crippen molar-refractivity contribution in [2.75, 3.05) is 10.6 Å². The number of hydrogen-bond donors (Lipinski definition) is 3. The molecular formula is C21H22N4O3S. The maximum atomic E-state index is 12.9. The lowest BCUT2D eigenvalue weighted by molar-refractivity contribution is -0.114. The average Bonchev–Trinajstić information content (AvgIpc) is 3.13. The molecule has 150 valence electrons. The fourth-order valence-corrected chi connectivity index (χ4v) is 4.78. The first kappa shape index (κ1) is 19.3. The van der Waals surface area contributed by atoms with Crippen molar-refractivity contribution in [1.29, 1.82) is 0 Å². The van der Waals surface area contributed by atoms with Crippen molar-refractivity contribution in [3.05, 3.63) is 40.7 Å². The summed E-state index contributed by atoms with van der Waals surface area (Å²) in [5, 5.41) is 6.03. The number of amides is 2. The predicted molar refractivity (Wildman–Crippen MR) is 114 cm³/mol. The zero-order chi connectivity index (χ0) is 20.9. The molecule has 0 aliphatic heterocycles. The van der Waals surface area contributed by atoms with Crippen LogP contribution in [0.25, 0.3) is 10.2 Å². The van der Waals surface area contributed by atoms with Crippen molar-refractivity contribution in [3.63, 3.8) is 0 Å². The third-order valence-electron chi connectivity index (χ3n) is 5.06. The number of fused-ring (bicyclic) bond motifs is 2. The molecule has 29 heavy (non-hydrogen) atoms. The first-order valence-electron chi connectivity index (χ1n) is 9.37. The smallest absolute Gasteiger partial charge is 0.274 e. The fourth-order valence-electron chi connectivity index (χ4n) is 3.88. The zero-order valence-corrected chi connectivity index (χ0v) is 17.5. The molecule has 2 heterocycles. The normalized spacial score (nSPS) is 15.2. The van der Waals surface area contributed by atoms with Crippen LogP contribution < -0.4 is 10.6 Å². The highest BCUT2D eigenvalue weighted by Gasteiger charge is 2.35. The second-order valence-corrected chi connectivity index (χ2v) is 9.29. The van der Waals surface area contributed by atoms with E-state index in [0.717, 1.165) is 22.3 Å². The van der Waals surface area contributed by atoms with Crippen LogP contribution in [0, 0.1) is 12.3 Å². The van der Waals surface area contributed by atoms with Gasteiger partial charge in [0.05, 0.1) is 10.2 Å². The van der Waals surface area contributed by atoms with E-state index in [0.29, 0.717) is 34.1 Å². The van der Waals surface area contributed by atoms with E-state index in [9.17, 15) is 14.4 Å². The highest BCUT2D eigenvalue weighted by atomic mass is 32.1. The number of aromatic amines is 1. The number of ketones is 1. The van der Waals surface area contributed by atoms with Crippen LogP contribution in [0.4, 0.5) is 10.8 Å². The molecule has 1 aliphatic rings. The Morgan fingerprint density at radius 1 is 1.21 bits per heavy atom. The maximum Gasteiger partial charge on any atom is 0.274 e. The predicted octanol–water partition coefficient (Wildman–Crippen LogP) is 4.30. The Labute approximate surface area is 171 Å². The number of anilines is 2. The Morgan fingerprint density at radius 2 is 1.97 bits per heavy atom. The SMILES string of the molecule is CC(=O)Nc1ccc2nc(NC(=O)c3[nH]c4c(c3C)C(=O)CC(C)(C)C4)sc2c1. The Balaban J connectivity index is 1.60. The van der Waals surface area contributed by atoms with Gasteiger partial charge in [-0.15, -0.1) is 0 Å². The molecule has 1 aliphatic carbocycles. The largest absolute Gasteiger partial charge is 0.354 e. The Kier molecular flexibility index (Phi) is 4.53. The van der Waals surface area contributed by atoms with E-state index in [4.69, 9.17) is 0 Å². The van der Waals surface area contributed by atoms with Crippen LogP contribution in [0.3, 0.4) is 0 Å². The van der Waals surface area contributed by atoms with Crippen LogP contribution in [0.15, 0.2) is 18.2 Å². The molecule has 0 atom stereocenters. The van der Waals surface area contributed by atoms with Crippen LogP contribution in [-0.4, -0.2) is 27.6 Å². The maximum absolute atomic E-state index is 12.9. The lowest BCUT2D eigenvalue weighted by atomic mass is 9.75. The van der Waals surface area contributed by atoms with Crippen molar-refractivity contribution in [1.82, 2.24) is 9.97 Å². The molecule has 3 N–H and O–H groups in total. The van der Waals surface area contributed by atoms with E-state index in [1.54, 1.807) is 19.1 Å². The lowest BCUT2D eigenvalue weighted by Gasteiger charge is -2.28. The number of nitrogens with zero attached hydrogens (tertiary/aromatic N) is 1. The highest BCUT2D eigenvalue weighted by Crippen LogP contribution is 2.37. The van der Waals surface area contributed by atoms with E-state index < -0.39 is 0 Å². The number of thiazole rings is 1. The summed E-state index contributed by atoms with van der Waals surface area (Å²) < 4.78 is 0.853. The van der Waals surface area contributed by atoms with E-state index in [1.807, 2.05) is 6.07 Å². The summed E-state index contributed by atoms with van der Waals surface area (Å²) in [6, 6.07) is 5.39. The van der Waals surface area contributed by atoms with Gasteiger partial charge in [0, 0.05) is 30.3 Å². The molecule has 0 saturated heterocycles. The highest BCUT2D eigenvalue weighted by molar-refractivity contribution is 7.22. The minimum atomic E-state index is -0.316. The first-order valence-corrected chi connectivity index (χ1v) is 10.2. The zero-order valence-electron chi connectivity index (χ0n) is 16.7. The van der Waals surface area contributed by atoms with E-state index in [-0.39, 0.29) is 23.0 Å². The molecule has 2 amide bonds. The van der Waals surface area contributed by atoms with Crippen LogP contribution in [0.2, 0.25) is 0 Å². The Bertz CT molecular complexity index is 1170. The topological polar surface area (TPSA) is 104 Å². The van der Waals surface area contributed by atoms with Gasteiger partial charge in [-0.05, 0) is 42.5 Å². The Morgan fingerprint density at radius 3 is 2.69 bits per heavy atom. The molecule has 0 bridgehead atoms. The van der Waals surface area contributed by atoms with Gasteiger partial charge in [-0.1, -0.05) is 25.2 Å². The first-order chi connectivity index (χ1) is 13.6. The van der Waals surface area contributed by atoms with Gasteiger partial charge in [-0.2, -0.15) is 0 Å². The molecule has 3 aromatic rings. The summed E-state index contributed by atoms with van der Waals surface area (Å²) in [6.45, 7) is 7.37. The molecule has 1 aromatic carbocycles. The average molecular weight is 410 g/mol. The van der Waals surface area contributed by atoms with E-state index >= 15 is 0 Å². The molecule has 0 spiro atoms. The summed E-state index contributed by atoms with van der Waals surface area (Å²) in [7, 11) is 0. The minimum absolute atomic E-state index is 0.0783. The molecule has 8 heteroatoms. The number of hydrogen-bond acceptors (Lipinski definition) is 5. The molecule has 0 saturated carbocycles. The van der Waals surface area contributed by atoms with Gasteiger partial charge in [0.2, 0.25) is 5.91 Å². The van der Waals surface area contributed by atoms with Gasteiger partial charge in [-0.25, -0.2) is 4.98 Å². The monoisotopic (exact) mass is 410 g/mol. The fraction of sp³-hybridized carbons (Fsp3) is 0.333. The van der Waals surface area contributed by atoms with Gasteiger partial charge < -0.3 is 10.3 Å². The molecule has 0 radical (unpaired) electrons. The number of nitrogens with one attached hydrogen (secondary N) is 3. The minimum Gasteiger partial charge on any atom is -0.354 e. The van der Waals surface area contributed by atoms with Crippen molar-refractivity contribution in [2.45, 2.75) is 40.5 Å². The van der Waals surface area contributed by atoms with Crippen LogP contribution in [0.1, 0.15) is 59.3 Å². The van der Waals surface area contributed by atoms with Crippen molar-refractivity contribution in [3.8, 4) is 0 Å².